The molecule has 2 nitrogen and oxygen atoms in total. The van der Waals surface area contributed by atoms with Gasteiger partial charge in [-0.25, -0.2) is 0 Å². The van der Waals surface area contributed by atoms with Crippen molar-refractivity contribution in [2.24, 2.45) is 0 Å². The van der Waals surface area contributed by atoms with Crippen molar-refractivity contribution in [3.05, 3.63) is 28.3 Å². The molecular weight excluding hydrogens is 258 g/mol. The summed E-state index contributed by atoms with van der Waals surface area (Å²) in [5.74, 6) is 1.38. The summed E-state index contributed by atoms with van der Waals surface area (Å²) in [6.07, 6.45) is 2.20. The van der Waals surface area contributed by atoms with Crippen LogP contribution in [0.25, 0.3) is 0 Å². The smallest absolute Gasteiger partial charge is 0.122 e. The van der Waals surface area contributed by atoms with Crippen LogP contribution in [0.3, 0.4) is 0 Å². The van der Waals surface area contributed by atoms with Gasteiger partial charge in [0.2, 0.25) is 0 Å². The number of halogens is 1. The lowest BCUT2D eigenvalue weighted by atomic mass is 10.0. The van der Waals surface area contributed by atoms with Gasteiger partial charge in [0.25, 0.3) is 0 Å². The summed E-state index contributed by atoms with van der Waals surface area (Å²) >= 11 is 6.25. The lowest BCUT2D eigenvalue weighted by molar-refractivity contribution is 0.306. The second-order valence-electron chi connectivity index (χ2n) is 5.25. The topological polar surface area (TPSA) is 21.3 Å². The molecule has 0 heterocycles. The number of hydrogen-bond acceptors (Lipinski definition) is 2. The molecule has 0 aliphatic rings. The number of ether oxygens (including phenoxy) is 1. The standard InChI is InChI=1S/C16H26ClNO/c1-5-7-18-8-6-9-19-16-11-14(12(2)3)15(17)10-13(16)4/h10-12,18H,5-9H2,1-4H3. The summed E-state index contributed by atoms with van der Waals surface area (Å²) in [6.45, 7) is 11.4. The fraction of sp³-hybridized carbons (Fsp3) is 0.625. The highest BCUT2D eigenvalue weighted by Crippen LogP contribution is 2.31. The van der Waals surface area contributed by atoms with Crippen molar-refractivity contribution >= 4 is 11.6 Å². The van der Waals surface area contributed by atoms with E-state index in [4.69, 9.17) is 16.3 Å². The maximum absolute atomic E-state index is 6.25. The van der Waals surface area contributed by atoms with Gasteiger partial charge >= 0.3 is 0 Å². The minimum absolute atomic E-state index is 0.418. The van der Waals surface area contributed by atoms with Crippen molar-refractivity contribution in [1.82, 2.24) is 5.32 Å². The van der Waals surface area contributed by atoms with Gasteiger partial charge in [-0.3, -0.25) is 0 Å². The Morgan fingerprint density at radius 1 is 1.26 bits per heavy atom. The Hall–Kier alpha value is -0.730. The Bertz CT molecular complexity index is 391. The molecule has 0 unspecified atom stereocenters. The lowest BCUT2D eigenvalue weighted by Crippen LogP contribution is -2.18. The molecule has 0 saturated heterocycles. The van der Waals surface area contributed by atoms with Gasteiger partial charge in [0, 0.05) is 5.02 Å². The third-order valence-electron chi connectivity index (χ3n) is 3.10. The molecule has 0 saturated carbocycles. The molecule has 19 heavy (non-hydrogen) atoms. The van der Waals surface area contributed by atoms with Crippen LogP contribution in [-0.2, 0) is 0 Å². The molecule has 0 aliphatic carbocycles. The van der Waals surface area contributed by atoms with E-state index in [2.05, 4.69) is 32.2 Å². The van der Waals surface area contributed by atoms with Gasteiger partial charge in [0.05, 0.1) is 6.61 Å². The maximum atomic E-state index is 6.25. The Balaban J connectivity index is 2.51. The SMILES string of the molecule is CCCNCCCOc1cc(C(C)C)c(Cl)cc1C. The van der Waals surface area contributed by atoms with Crippen LogP contribution in [0.5, 0.6) is 5.75 Å². The quantitative estimate of drug-likeness (QED) is 0.707. The summed E-state index contributed by atoms with van der Waals surface area (Å²) in [4.78, 5) is 0. The first-order chi connectivity index (χ1) is 9.06. The molecule has 1 aromatic carbocycles. The van der Waals surface area contributed by atoms with Crippen LogP contribution >= 0.6 is 11.6 Å². The van der Waals surface area contributed by atoms with Crippen molar-refractivity contribution in [2.45, 2.75) is 46.5 Å². The monoisotopic (exact) mass is 283 g/mol. The lowest BCUT2D eigenvalue weighted by Gasteiger charge is -2.14. The van der Waals surface area contributed by atoms with Crippen LogP contribution in [0.4, 0.5) is 0 Å². The molecule has 0 aliphatic heterocycles. The van der Waals surface area contributed by atoms with Crippen molar-refractivity contribution in [3.63, 3.8) is 0 Å². The van der Waals surface area contributed by atoms with Gasteiger partial charge in [-0.15, -0.1) is 0 Å². The normalized spacial score (nSPS) is 11.1. The summed E-state index contributed by atoms with van der Waals surface area (Å²) in [5.41, 5.74) is 2.27. The van der Waals surface area contributed by atoms with E-state index in [0.29, 0.717) is 5.92 Å². The first-order valence-corrected chi connectivity index (χ1v) is 7.57. The number of hydrogen-bond donors (Lipinski definition) is 1. The number of benzene rings is 1. The molecule has 3 heteroatoms. The predicted molar refractivity (Wildman–Crippen MR) is 83.6 cm³/mol. The molecule has 1 rings (SSSR count). The van der Waals surface area contributed by atoms with E-state index in [-0.39, 0.29) is 0 Å². The van der Waals surface area contributed by atoms with E-state index in [1.165, 1.54) is 6.42 Å². The van der Waals surface area contributed by atoms with Crippen LogP contribution in [0.15, 0.2) is 12.1 Å². The van der Waals surface area contributed by atoms with E-state index in [9.17, 15) is 0 Å². The first kappa shape index (κ1) is 16.3. The maximum Gasteiger partial charge on any atom is 0.122 e. The van der Waals surface area contributed by atoms with E-state index in [0.717, 1.165) is 48.0 Å². The average Bonchev–Trinajstić information content (AvgIpc) is 2.35. The second kappa shape index (κ2) is 8.44. The van der Waals surface area contributed by atoms with Gasteiger partial charge in [-0.05, 0) is 62.0 Å². The zero-order valence-electron chi connectivity index (χ0n) is 12.6. The zero-order chi connectivity index (χ0) is 14.3. The van der Waals surface area contributed by atoms with Crippen LogP contribution < -0.4 is 10.1 Å². The van der Waals surface area contributed by atoms with Crippen molar-refractivity contribution in [2.75, 3.05) is 19.7 Å². The fourth-order valence-electron chi connectivity index (χ4n) is 1.95. The van der Waals surface area contributed by atoms with Gasteiger partial charge in [0.1, 0.15) is 5.75 Å². The number of aryl methyl sites for hydroxylation is 1. The molecule has 0 radical (unpaired) electrons. The molecule has 108 valence electrons. The molecule has 0 atom stereocenters. The molecule has 0 bridgehead atoms. The molecule has 0 aromatic heterocycles. The highest BCUT2D eigenvalue weighted by molar-refractivity contribution is 6.31. The summed E-state index contributed by atoms with van der Waals surface area (Å²) in [6, 6.07) is 4.09. The van der Waals surface area contributed by atoms with E-state index < -0.39 is 0 Å². The summed E-state index contributed by atoms with van der Waals surface area (Å²) in [5, 5.41) is 4.21. The Morgan fingerprint density at radius 2 is 2.00 bits per heavy atom. The minimum Gasteiger partial charge on any atom is -0.493 e. The molecular formula is C16H26ClNO. The third-order valence-corrected chi connectivity index (χ3v) is 3.43. The number of nitrogens with one attached hydrogen (secondary N) is 1. The van der Waals surface area contributed by atoms with E-state index in [1.807, 2.05) is 13.0 Å². The zero-order valence-corrected chi connectivity index (χ0v) is 13.3. The van der Waals surface area contributed by atoms with Crippen molar-refractivity contribution in [3.8, 4) is 5.75 Å². The predicted octanol–water partition coefficient (Wildman–Crippen LogP) is 4.54. The van der Waals surface area contributed by atoms with Crippen LogP contribution in [0, 0.1) is 6.92 Å². The number of rotatable bonds is 8. The average molecular weight is 284 g/mol. The molecule has 0 spiro atoms. The third kappa shape index (κ3) is 5.42. The molecule has 0 fully saturated rings. The molecule has 1 N–H and O–H groups in total. The second-order valence-corrected chi connectivity index (χ2v) is 5.65. The molecule has 1 aromatic rings. The van der Waals surface area contributed by atoms with Gasteiger partial charge in [-0.1, -0.05) is 32.4 Å². The van der Waals surface area contributed by atoms with E-state index >= 15 is 0 Å². The van der Waals surface area contributed by atoms with Crippen LogP contribution in [-0.4, -0.2) is 19.7 Å². The van der Waals surface area contributed by atoms with Gasteiger partial charge < -0.3 is 10.1 Å². The fourth-order valence-corrected chi connectivity index (χ4v) is 2.38. The minimum atomic E-state index is 0.418. The van der Waals surface area contributed by atoms with Crippen LogP contribution in [0.1, 0.15) is 50.7 Å². The van der Waals surface area contributed by atoms with Crippen molar-refractivity contribution in [1.29, 1.82) is 0 Å². The Morgan fingerprint density at radius 3 is 2.63 bits per heavy atom. The largest absolute Gasteiger partial charge is 0.493 e. The van der Waals surface area contributed by atoms with Crippen molar-refractivity contribution < 1.29 is 4.74 Å². The Kier molecular flexibility index (Phi) is 7.25. The van der Waals surface area contributed by atoms with Crippen LogP contribution in [0.2, 0.25) is 5.02 Å². The highest BCUT2D eigenvalue weighted by Gasteiger charge is 2.09. The van der Waals surface area contributed by atoms with Gasteiger partial charge in [0.15, 0.2) is 0 Å². The van der Waals surface area contributed by atoms with Gasteiger partial charge in [-0.2, -0.15) is 0 Å². The first-order valence-electron chi connectivity index (χ1n) is 7.19. The summed E-state index contributed by atoms with van der Waals surface area (Å²) in [7, 11) is 0. The molecule has 0 amide bonds. The Labute approximate surface area is 122 Å². The van der Waals surface area contributed by atoms with E-state index in [1.54, 1.807) is 0 Å². The highest BCUT2D eigenvalue weighted by atomic mass is 35.5. The summed E-state index contributed by atoms with van der Waals surface area (Å²) < 4.78 is 5.86.